The average molecular weight is 570 g/mol. The molecule has 0 aromatic heterocycles. The molecule has 0 spiro atoms. The predicted molar refractivity (Wildman–Crippen MR) is 133 cm³/mol. The lowest BCUT2D eigenvalue weighted by molar-refractivity contribution is -0.138. The summed E-state index contributed by atoms with van der Waals surface area (Å²) >= 11 is 0. The van der Waals surface area contributed by atoms with E-state index < -0.39 is 52.5 Å². The third-order valence-corrected chi connectivity index (χ3v) is 5.85. The molecule has 4 rings (SSSR count). The van der Waals surface area contributed by atoms with E-state index in [9.17, 15) is 40.3 Å². The van der Waals surface area contributed by atoms with Gasteiger partial charge in [-0.1, -0.05) is 6.07 Å². The molecule has 1 fully saturated rings. The van der Waals surface area contributed by atoms with Gasteiger partial charge in [0.2, 0.25) is 0 Å². The normalized spacial score (nSPS) is 14.0. The first-order chi connectivity index (χ1) is 18.8. The Labute approximate surface area is 222 Å². The Balaban J connectivity index is 1.49. The molecule has 1 heterocycles. The summed E-state index contributed by atoms with van der Waals surface area (Å²) in [7, 11) is 0. The first-order valence-corrected chi connectivity index (χ1v) is 11.7. The fraction of sp³-hybridized carbons (Fsp3) is 0.231. The summed E-state index contributed by atoms with van der Waals surface area (Å²) < 4.78 is 99.9. The number of amides is 3. The number of alkyl halides is 6. The number of rotatable bonds is 5. The van der Waals surface area contributed by atoms with Crippen molar-refractivity contribution in [2.75, 3.05) is 47.2 Å². The number of nitrogens with one attached hydrogen (secondary N) is 3. The van der Waals surface area contributed by atoms with Crippen molar-refractivity contribution >= 4 is 34.7 Å². The van der Waals surface area contributed by atoms with Crippen molar-refractivity contribution < 1.29 is 45.1 Å². The molecule has 1 saturated heterocycles. The van der Waals surface area contributed by atoms with Gasteiger partial charge in [-0.15, -0.1) is 0 Å². The molecule has 0 saturated carbocycles. The maximum atomic E-state index is 14.7. The van der Waals surface area contributed by atoms with Gasteiger partial charge in [0, 0.05) is 30.2 Å². The Bertz CT molecular complexity index is 1400. The Kier molecular flexibility index (Phi) is 8.18. The van der Waals surface area contributed by atoms with Crippen molar-refractivity contribution in [1.82, 2.24) is 0 Å². The topological polar surface area (TPSA) is 82.7 Å². The van der Waals surface area contributed by atoms with Gasteiger partial charge in [0.15, 0.2) is 0 Å². The zero-order chi connectivity index (χ0) is 29.1. The zero-order valence-corrected chi connectivity index (χ0v) is 20.4. The highest BCUT2D eigenvalue weighted by molar-refractivity contribution is 6.05. The third kappa shape index (κ3) is 7.00. The maximum Gasteiger partial charge on any atom is 0.418 e. The summed E-state index contributed by atoms with van der Waals surface area (Å²) in [6.45, 7) is 1.92. The smallest absolute Gasteiger partial charge is 0.378 e. The van der Waals surface area contributed by atoms with Crippen LogP contribution in [0.25, 0.3) is 0 Å². The quantitative estimate of drug-likeness (QED) is 0.302. The average Bonchev–Trinajstić information content (AvgIpc) is 2.89. The van der Waals surface area contributed by atoms with Crippen molar-refractivity contribution in [3.8, 4) is 0 Å². The molecule has 212 valence electrons. The van der Waals surface area contributed by atoms with Crippen LogP contribution in [0, 0.1) is 5.82 Å². The predicted octanol–water partition coefficient (Wildman–Crippen LogP) is 6.60. The largest absolute Gasteiger partial charge is 0.418 e. The van der Waals surface area contributed by atoms with Gasteiger partial charge in [-0.25, -0.2) is 9.18 Å². The molecular formula is C26H21F7N4O3. The molecule has 0 atom stereocenters. The van der Waals surface area contributed by atoms with Crippen LogP contribution in [-0.4, -0.2) is 38.2 Å². The van der Waals surface area contributed by atoms with Crippen molar-refractivity contribution in [1.29, 1.82) is 0 Å². The maximum absolute atomic E-state index is 14.7. The second kappa shape index (κ2) is 11.4. The summed E-state index contributed by atoms with van der Waals surface area (Å²) in [5.41, 5.74) is -3.66. The highest BCUT2D eigenvalue weighted by atomic mass is 19.4. The fourth-order valence-corrected chi connectivity index (χ4v) is 3.93. The number of carbonyl (C=O) groups is 2. The van der Waals surface area contributed by atoms with E-state index in [4.69, 9.17) is 4.74 Å². The van der Waals surface area contributed by atoms with Crippen molar-refractivity contribution in [3.63, 3.8) is 0 Å². The highest BCUT2D eigenvalue weighted by Gasteiger charge is 2.35. The summed E-state index contributed by atoms with van der Waals surface area (Å²) in [5.74, 6) is -2.06. The molecular weight excluding hydrogens is 549 g/mol. The van der Waals surface area contributed by atoms with E-state index in [1.165, 1.54) is 12.1 Å². The van der Waals surface area contributed by atoms with E-state index in [0.29, 0.717) is 44.1 Å². The van der Waals surface area contributed by atoms with E-state index in [1.807, 2.05) is 10.2 Å². The summed E-state index contributed by atoms with van der Waals surface area (Å²) in [6.07, 6.45) is -9.65. The van der Waals surface area contributed by atoms with Crippen LogP contribution in [0.2, 0.25) is 0 Å². The van der Waals surface area contributed by atoms with Crippen LogP contribution in [0.5, 0.6) is 0 Å². The molecule has 3 aromatic carbocycles. The van der Waals surface area contributed by atoms with E-state index in [1.54, 1.807) is 0 Å². The monoisotopic (exact) mass is 570 g/mol. The Morgan fingerprint density at radius 1 is 0.775 bits per heavy atom. The molecule has 3 N–H and O–H groups in total. The number of hydrogen-bond acceptors (Lipinski definition) is 4. The molecule has 0 bridgehead atoms. The van der Waals surface area contributed by atoms with Crippen LogP contribution in [0.4, 0.5) is 58.3 Å². The van der Waals surface area contributed by atoms with Gasteiger partial charge in [0.05, 0.1) is 35.6 Å². The number of carbonyl (C=O) groups excluding carboxylic acids is 2. The van der Waals surface area contributed by atoms with E-state index in [0.717, 1.165) is 36.4 Å². The molecule has 0 unspecified atom stereocenters. The van der Waals surface area contributed by atoms with Gasteiger partial charge >= 0.3 is 18.4 Å². The summed E-state index contributed by atoms with van der Waals surface area (Å²) in [5, 5.41) is 6.26. The first kappa shape index (κ1) is 28.7. The van der Waals surface area contributed by atoms with Gasteiger partial charge in [0.25, 0.3) is 5.91 Å². The summed E-state index contributed by atoms with van der Waals surface area (Å²) in [4.78, 5) is 26.7. The molecule has 0 aliphatic carbocycles. The molecule has 1 aliphatic heterocycles. The van der Waals surface area contributed by atoms with Crippen LogP contribution in [0.3, 0.4) is 0 Å². The van der Waals surface area contributed by atoms with Crippen molar-refractivity contribution in [2.45, 2.75) is 12.4 Å². The standard InChI is InChI=1S/C26H21F7N4O3/c27-21-14-18(37-8-10-40-11-9-37)5-6-19(21)23(38)36-22-7-4-17(13-20(22)26(31,32)33)35-24(39)34-16-3-1-2-15(12-16)25(28,29)30/h1-7,12-14H,8-11H2,(H,36,38)(H2,34,35,39). The molecule has 14 heteroatoms. The minimum atomic E-state index is -4.99. The number of urea groups is 1. The number of nitrogens with zero attached hydrogens (tertiary/aromatic N) is 1. The van der Waals surface area contributed by atoms with Crippen LogP contribution in [0.1, 0.15) is 21.5 Å². The molecule has 3 amide bonds. The number of anilines is 4. The van der Waals surface area contributed by atoms with E-state index in [2.05, 4.69) is 10.6 Å². The lowest BCUT2D eigenvalue weighted by atomic mass is 10.1. The number of hydrogen-bond donors (Lipinski definition) is 3. The minimum Gasteiger partial charge on any atom is -0.378 e. The molecule has 3 aromatic rings. The Morgan fingerprint density at radius 2 is 1.45 bits per heavy atom. The molecule has 1 aliphatic rings. The van der Waals surface area contributed by atoms with Gasteiger partial charge < -0.3 is 25.6 Å². The Morgan fingerprint density at radius 3 is 2.08 bits per heavy atom. The SMILES string of the molecule is O=C(Nc1cccc(C(F)(F)F)c1)Nc1ccc(NC(=O)c2ccc(N3CCOCC3)cc2F)c(C(F)(F)F)c1. The first-order valence-electron chi connectivity index (χ1n) is 11.7. The van der Waals surface area contributed by atoms with Crippen molar-refractivity contribution in [3.05, 3.63) is 83.2 Å². The lowest BCUT2D eigenvalue weighted by Crippen LogP contribution is -2.36. The molecule has 0 radical (unpaired) electrons. The third-order valence-electron chi connectivity index (χ3n) is 5.85. The van der Waals surface area contributed by atoms with Crippen LogP contribution < -0.4 is 20.9 Å². The second-order valence-corrected chi connectivity index (χ2v) is 8.63. The van der Waals surface area contributed by atoms with E-state index >= 15 is 0 Å². The lowest BCUT2D eigenvalue weighted by Gasteiger charge is -2.29. The van der Waals surface area contributed by atoms with Gasteiger partial charge in [-0.3, -0.25) is 4.79 Å². The van der Waals surface area contributed by atoms with Gasteiger partial charge in [0.1, 0.15) is 5.82 Å². The zero-order valence-electron chi connectivity index (χ0n) is 20.4. The van der Waals surface area contributed by atoms with Crippen molar-refractivity contribution in [2.24, 2.45) is 0 Å². The minimum absolute atomic E-state index is 0.242. The second-order valence-electron chi connectivity index (χ2n) is 8.63. The van der Waals surface area contributed by atoms with Crippen LogP contribution in [0.15, 0.2) is 60.7 Å². The number of morpholine rings is 1. The van der Waals surface area contributed by atoms with Crippen LogP contribution in [-0.2, 0) is 17.1 Å². The number of ether oxygens (including phenoxy) is 1. The highest BCUT2D eigenvalue weighted by Crippen LogP contribution is 2.37. The van der Waals surface area contributed by atoms with Gasteiger partial charge in [-0.05, 0) is 54.6 Å². The van der Waals surface area contributed by atoms with Crippen LogP contribution >= 0.6 is 0 Å². The van der Waals surface area contributed by atoms with Gasteiger partial charge in [-0.2, -0.15) is 26.3 Å². The Hall–Kier alpha value is -4.33. The molecule has 7 nitrogen and oxygen atoms in total. The summed E-state index contributed by atoms with van der Waals surface area (Å²) in [6, 6.07) is 8.74. The number of halogens is 7. The number of benzene rings is 3. The molecule has 40 heavy (non-hydrogen) atoms. The fourth-order valence-electron chi connectivity index (χ4n) is 3.93. The van der Waals surface area contributed by atoms with E-state index in [-0.39, 0.29) is 11.4 Å².